The van der Waals surface area contributed by atoms with E-state index in [4.69, 9.17) is 28.5 Å². The molecule has 1 aromatic heterocycles. The summed E-state index contributed by atoms with van der Waals surface area (Å²) >= 11 is 11.8. The number of carbonyl (C=O) groups is 1. The minimum atomic E-state index is -0.599. The summed E-state index contributed by atoms with van der Waals surface area (Å²) < 4.78 is 1.61. The molecule has 0 saturated heterocycles. The van der Waals surface area contributed by atoms with E-state index < -0.39 is 5.24 Å². The molecule has 96 valence electrons. The van der Waals surface area contributed by atoms with Gasteiger partial charge in [-0.2, -0.15) is 5.26 Å². The maximum atomic E-state index is 11.3. The van der Waals surface area contributed by atoms with Gasteiger partial charge >= 0.3 is 0 Å². The molecule has 1 heterocycles. The molecule has 3 nitrogen and oxygen atoms in total. The molecule has 0 bridgehead atoms. The van der Waals surface area contributed by atoms with Crippen LogP contribution in [0.2, 0.25) is 0 Å². The van der Waals surface area contributed by atoms with Crippen LogP contribution in [0.25, 0.3) is 0 Å². The van der Waals surface area contributed by atoms with Gasteiger partial charge in [0, 0.05) is 12.7 Å². The van der Waals surface area contributed by atoms with Crippen LogP contribution in [0.4, 0.5) is 0 Å². The summed E-state index contributed by atoms with van der Waals surface area (Å²) in [7, 11) is 0. The number of carbonyl (C=O) groups excluding carboxylic acids is 1. The van der Waals surface area contributed by atoms with Crippen LogP contribution in [0.3, 0.4) is 0 Å². The van der Waals surface area contributed by atoms with Crippen molar-refractivity contribution in [3.63, 3.8) is 0 Å². The monoisotopic (exact) mass is 292 g/mol. The number of halogens is 2. The molecule has 0 aliphatic carbocycles. The van der Waals surface area contributed by atoms with E-state index >= 15 is 0 Å². The van der Waals surface area contributed by atoms with Gasteiger partial charge in [-0.05, 0) is 23.2 Å². The lowest BCUT2D eigenvalue weighted by Crippen LogP contribution is -2.08. The van der Waals surface area contributed by atoms with Crippen LogP contribution >= 0.6 is 23.2 Å². The number of hydrogen-bond donors (Lipinski definition) is 0. The van der Waals surface area contributed by atoms with Crippen molar-refractivity contribution in [3.8, 4) is 6.07 Å². The van der Waals surface area contributed by atoms with Gasteiger partial charge in [0.1, 0.15) is 11.8 Å². The van der Waals surface area contributed by atoms with Crippen molar-refractivity contribution in [2.75, 3.05) is 0 Å². The third-order valence-electron chi connectivity index (χ3n) is 2.75. The number of aromatic nitrogens is 1. The molecule has 0 amide bonds. The molecule has 19 heavy (non-hydrogen) atoms. The normalized spacial score (nSPS) is 11.8. The second-order valence-electron chi connectivity index (χ2n) is 4.03. The minimum Gasteiger partial charge on any atom is -0.341 e. The standard InChI is InChI=1S/C14H10Cl2N2O/c15-12(11-4-2-1-3-5-11)9-18-8-10(7-17)6-13(18)14(16)19/h1-6,8,12H,9H2. The third kappa shape index (κ3) is 3.17. The van der Waals surface area contributed by atoms with Gasteiger partial charge < -0.3 is 4.57 Å². The predicted molar refractivity (Wildman–Crippen MR) is 74.4 cm³/mol. The Kier molecular flexibility index (Phi) is 4.26. The van der Waals surface area contributed by atoms with Gasteiger partial charge in [-0.25, -0.2) is 0 Å². The number of nitriles is 1. The second-order valence-corrected chi connectivity index (χ2v) is 4.90. The number of hydrogen-bond acceptors (Lipinski definition) is 2. The Balaban J connectivity index is 2.26. The number of alkyl halides is 1. The van der Waals surface area contributed by atoms with Crippen molar-refractivity contribution in [1.29, 1.82) is 5.26 Å². The van der Waals surface area contributed by atoms with Crippen LogP contribution in [0, 0.1) is 11.3 Å². The first-order valence-electron chi connectivity index (χ1n) is 5.61. The van der Waals surface area contributed by atoms with Gasteiger partial charge in [0.25, 0.3) is 5.24 Å². The van der Waals surface area contributed by atoms with Gasteiger partial charge in [0.15, 0.2) is 0 Å². The molecule has 0 aliphatic heterocycles. The van der Waals surface area contributed by atoms with Crippen molar-refractivity contribution in [2.45, 2.75) is 11.9 Å². The lowest BCUT2D eigenvalue weighted by atomic mass is 10.1. The Morgan fingerprint density at radius 1 is 1.37 bits per heavy atom. The highest BCUT2D eigenvalue weighted by Gasteiger charge is 2.15. The van der Waals surface area contributed by atoms with Crippen molar-refractivity contribution in [2.24, 2.45) is 0 Å². The predicted octanol–water partition coefficient (Wildman–Crippen LogP) is 3.72. The van der Waals surface area contributed by atoms with Gasteiger partial charge in [-0.3, -0.25) is 4.79 Å². The molecule has 0 spiro atoms. The van der Waals surface area contributed by atoms with E-state index in [1.54, 1.807) is 10.8 Å². The molecule has 2 aromatic rings. The molecule has 0 aliphatic rings. The van der Waals surface area contributed by atoms with Crippen LogP contribution in [-0.2, 0) is 6.54 Å². The number of benzene rings is 1. The van der Waals surface area contributed by atoms with Crippen LogP contribution in [0.15, 0.2) is 42.6 Å². The fourth-order valence-corrected chi connectivity index (χ4v) is 2.28. The summed E-state index contributed by atoms with van der Waals surface area (Å²) in [6.07, 6.45) is 1.58. The fraction of sp³-hybridized carbons (Fsp3) is 0.143. The van der Waals surface area contributed by atoms with Gasteiger partial charge in [-0.15, -0.1) is 11.6 Å². The first-order chi connectivity index (χ1) is 9.11. The fourth-order valence-electron chi connectivity index (χ4n) is 1.83. The average molecular weight is 293 g/mol. The second kappa shape index (κ2) is 5.92. The first kappa shape index (κ1) is 13.7. The van der Waals surface area contributed by atoms with E-state index in [2.05, 4.69) is 0 Å². The van der Waals surface area contributed by atoms with E-state index in [1.807, 2.05) is 36.4 Å². The van der Waals surface area contributed by atoms with Gasteiger partial charge in [-0.1, -0.05) is 30.3 Å². The smallest absolute Gasteiger partial charge is 0.268 e. The highest BCUT2D eigenvalue weighted by atomic mass is 35.5. The summed E-state index contributed by atoms with van der Waals surface area (Å²) in [5.41, 5.74) is 1.62. The summed E-state index contributed by atoms with van der Waals surface area (Å²) in [5, 5.41) is 7.96. The lowest BCUT2D eigenvalue weighted by molar-refractivity contribution is 0.107. The van der Waals surface area contributed by atoms with E-state index in [1.165, 1.54) is 6.07 Å². The van der Waals surface area contributed by atoms with Crippen molar-refractivity contribution < 1.29 is 4.79 Å². The average Bonchev–Trinajstić information content (AvgIpc) is 2.83. The molecule has 1 atom stereocenters. The van der Waals surface area contributed by atoms with E-state index in [0.717, 1.165) is 5.56 Å². The molecule has 2 rings (SSSR count). The minimum absolute atomic E-state index is 0.278. The molecule has 0 radical (unpaired) electrons. The van der Waals surface area contributed by atoms with E-state index in [0.29, 0.717) is 12.1 Å². The molecular formula is C14H10Cl2N2O. The van der Waals surface area contributed by atoms with E-state index in [-0.39, 0.29) is 11.1 Å². The highest BCUT2D eigenvalue weighted by molar-refractivity contribution is 6.67. The number of rotatable bonds is 4. The zero-order valence-electron chi connectivity index (χ0n) is 9.88. The van der Waals surface area contributed by atoms with Crippen molar-refractivity contribution >= 4 is 28.4 Å². The van der Waals surface area contributed by atoms with Gasteiger partial charge in [0.2, 0.25) is 0 Å². The van der Waals surface area contributed by atoms with E-state index in [9.17, 15) is 4.79 Å². The number of nitrogens with zero attached hydrogens (tertiary/aromatic N) is 2. The maximum absolute atomic E-state index is 11.3. The molecular weight excluding hydrogens is 283 g/mol. The zero-order valence-corrected chi connectivity index (χ0v) is 11.4. The Morgan fingerprint density at radius 3 is 2.63 bits per heavy atom. The Bertz CT molecular complexity index is 629. The summed E-state index contributed by atoms with van der Waals surface area (Å²) in [4.78, 5) is 11.3. The molecule has 1 unspecified atom stereocenters. The summed E-state index contributed by atoms with van der Waals surface area (Å²) in [6.45, 7) is 0.376. The summed E-state index contributed by atoms with van der Waals surface area (Å²) in [6, 6.07) is 13.0. The third-order valence-corrected chi connectivity index (χ3v) is 3.33. The van der Waals surface area contributed by atoms with Crippen LogP contribution in [0.5, 0.6) is 0 Å². The Labute approximate surface area is 121 Å². The van der Waals surface area contributed by atoms with Crippen molar-refractivity contribution in [3.05, 3.63) is 59.4 Å². The largest absolute Gasteiger partial charge is 0.341 e. The maximum Gasteiger partial charge on any atom is 0.268 e. The highest BCUT2D eigenvalue weighted by Crippen LogP contribution is 2.24. The Hall–Kier alpha value is -1.76. The van der Waals surface area contributed by atoms with Crippen LogP contribution in [0.1, 0.15) is 27.0 Å². The molecule has 0 saturated carbocycles. The first-order valence-corrected chi connectivity index (χ1v) is 6.42. The molecule has 1 aromatic carbocycles. The quantitative estimate of drug-likeness (QED) is 0.637. The topological polar surface area (TPSA) is 45.8 Å². The van der Waals surface area contributed by atoms with Crippen molar-refractivity contribution in [1.82, 2.24) is 4.57 Å². The molecule has 0 N–H and O–H groups in total. The Morgan fingerprint density at radius 2 is 2.05 bits per heavy atom. The van der Waals surface area contributed by atoms with Crippen LogP contribution in [-0.4, -0.2) is 9.81 Å². The SMILES string of the molecule is N#Cc1cc(C(=O)Cl)n(CC(Cl)c2ccccc2)c1. The summed E-state index contributed by atoms with van der Waals surface area (Å²) in [5.74, 6) is 0. The lowest BCUT2D eigenvalue weighted by Gasteiger charge is -2.12. The zero-order chi connectivity index (χ0) is 13.8. The van der Waals surface area contributed by atoms with Crippen LogP contribution < -0.4 is 0 Å². The molecule has 0 fully saturated rings. The molecule has 5 heteroatoms. The van der Waals surface area contributed by atoms with Gasteiger partial charge in [0.05, 0.1) is 10.9 Å².